The molecule has 0 atom stereocenters. The second-order valence-corrected chi connectivity index (χ2v) is 5.84. The zero-order valence-corrected chi connectivity index (χ0v) is 11.8. The molecule has 1 aromatic rings. The van der Waals surface area contributed by atoms with Crippen LogP contribution in [0.15, 0.2) is 0 Å². The molecule has 3 N–H and O–H groups in total. The lowest BCUT2D eigenvalue weighted by molar-refractivity contribution is 0.0238. The molecule has 1 aliphatic rings. The van der Waals surface area contributed by atoms with Crippen molar-refractivity contribution in [2.45, 2.75) is 52.3 Å². The van der Waals surface area contributed by atoms with Crippen molar-refractivity contribution >= 4 is 6.09 Å². The van der Waals surface area contributed by atoms with Crippen molar-refractivity contribution < 1.29 is 9.53 Å². The summed E-state index contributed by atoms with van der Waals surface area (Å²) in [6, 6.07) is 0. The third-order valence-electron chi connectivity index (χ3n) is 2.87. The Hall–Kier alpha value is -1.56. The minimum Gasteiger partial charge on any atom is -0.444 e. The Labute approximate surface area is 113 Å². The number of nitrogens with one attached hydrogen (secondary N) is 1. The van der Waals surface area contributed by atoms with Gasteiger partial charge in [0.05, 0.1) is 24.5 Å². The van der Waals surface area contributed by atoms with E-state index in [1.54, 1.807) is 4.90 Å². The fourth-order valence-electron chi connectivity index (χ4n) is 2.04. The second kappa shape index (κ2) is 5.21. The van der Waals surface area contributed by atoms with Gasteiger partial charge in [0.25, 0.3) is 0 Å². The average molecular weight is 266 g/mol. The van der Waals surface area contributed by atoms with Crippen molar-refractivity contribution in [1.82, 2.24) is 14.9 Å². The van der Waals surface area contributed by atoms with Gasteiger partial charge in [-0.3, -0.25) is 4.90 Å². The van der Waals surface area contributed by atoms with E-state index in [4.69, 9.17) is 10.5 Å². The first kappa shape index (κ1) is 13.9. The third kappa shape index (κ3) is 3.47. The molecule has 0 bridgehead atoms. The van der Waals surface area contributed by atoms with Crippen LogP contribution < -0.4 is 5.73 Å². The summed E-state index contributed by atoms with van der Waals surface area (Å²) in [5.74, 6) is 0.958. The molecule has 1 aromatic heterocycles. The number of nitrogens with zero attached hydrogens (tertiary/aromatic N) is 2. The molecule has 0 saturated carbocycles. The van der Waals surface area contributed by atoms with E-state index in [9.17, 15) is 4.79 Å². The Bertz CT molecular complexity index is 438. The smallest absolute Gasteiger partial charge is 0.410 e. The first-order chi connectivity index (χ1) is 8.89. The van der Waals surface area contributed by atoms with Crippen molar-refractivity contribution in [2.75, 3.05) is 6.54 Å². The molecule has 2 heterocycles. The van der Waals surface area contributed by atoms with Gasteiger partial charge in [0.2, 0.25) is 0 Å². The second-order valence-electron chi connectivity index (χ2n) is 5.84. The summed E-state index contributed by atoms with van der Waals surface area (Å²) in [6.45, 7) is 7.31. The quantitative estimate of drug-likeness (QED) is 0.869. The molecular weight excluding hydrogens is 244 g/mol. The lowest BCUT2D eigenvalue weighted by atomic mass is 10.2. The maximum absolute atomic E-state index is 11.9. The van der Waals surface area contributed by atoms with Gasteiger partial charge in [-0.1, -0.05) is 0 Å². The summed E-state index contributed by atoms with van der Waals surface area (Å²) >= 11 is 0. The van der Waals surface area contributed by atoms with Crippen LogP contribution in [0.2, 0.25) is 0 Å². The van der Waals surface area contributed by atoms with Crippen LogP contribution in [-0.2, 0) is 24.2 Å². The normalized spacial score (nSPS) is 14.6. The number of aromatic amines is 1. The fraction of sp³-hybridized carbons (Fsp3) is 0.692. The van der Waals surface area contributed by atoms with Gasteiger partial charge in [0.15, 0.2) is 0 Å². The predicted molar refractivity (Wildman–Crippen MR) is 71.4 cm³/mol. The molecule has 106 valence electrons. The molecule has 0 spiro atoms. The van der Waals surface area contributed by atoms with E-state index in [-0.39, 0.29) is 6.09 Å². The molecule has 1 amide bonds. The summed E-state index contributed by atoms with van der Waals surface area (Å²) in [5, 5.41) is 0. The Morgan fingerprint density at radius 3 is 2.79 bits per heavy atom. The average Bonchev–Trinajstić information content (AvgIpc) is 2.81. The highest BCUT2D eigenvalue weighted by atomic mass is 16.6. The van der Waals surface area contributed by atoms with E-state index in [0.717, 1.165) is 30.1 Å². The Morgan fingerprint density at radius 1 is 1.47 bits per heavy atom. The molecule has 2 rings (SSSR count). The summed E-state index contributed by atoms with van der Waals surface area (Å²) < 4.78 is 5.35. The van der Waals surface area contributed by atoms with Gasteiger partial charge in [0.1, 0.15) is 11.4 Å². The number of hydrogen-bond donors (Lipinski definition) is 2. The van der Waals surface area contributed by atoms with E-state index in [1.165, 1.54) is 0 Å². The van der Waals surface area contributed by atoms with E-state index >= 15 is 0 Å². The highest BCUT2D eigenvalue weighted by Gasteiger charge is 2.30. The largest absolute Gasteiger partial charge is 0.444 e. The highest BCUT2D eigenvalue weighted by molar-refractivity contribution is 5.68. The molecule has 0 saturated heterocycles. The molecule has 0 fully saturated rings. The maximum Gasteiger partial charge on any atom is 0.410 e. The first-order valence-electron chi connectivity index (χ1n) is 6.63. The van der Waals surface area contributed by atoms with Crippen LogP contribution in [0, 0.1) is 0 Å². The topological polar surface area (TPSA) is 84.2 Å². The standard InChI is InChI=1S/C13H22N4O2/c1-13(2,3)19-12(18)17-7-9-10(8-17)16-11(15-9)5-4-6-14/h4-8,14H2,1-3H3,(H,15,16). The van der Waals surface area contributed by atoms with Crippen LogP contribution in [0.5, 0.6) is 0 Å². The van der Waals surface area contributed by atoms with E-state index < -0.39 is 5.60 Å². The van der Waals surface area contributed by atoms with Crippen molar-refractivity contribution in [3.8, 4) is 0 Å². The van der Waals surface area contributed by atoms with Gasteiger partial charge in [-0.25, -0.2) is 9.78 Å². The molecule has 0 radical (unpaired) electrons. The Balaban J connectivity index is 1.94. The van der Waals surface area contributed by atoms with Crippen LogP contribution in [0.25, 0.3) is 0 Å². The molecule has 19 heavy (non-hydrogen) atoms. The molecule has 0 unspecified atom stereocenters. The number of nitrogens with two attached hydrogens (primary N) is 1. The number of fused-ring (bicyclic) bond motifs is 1. The third-order valence-corrected chi connectivity index (χ3v) is 2.87. The number of imidazole rings is 1. The zero-order chi connectivity index (χ0) is 14.0. The SMILES string of the molecule is CC(C)(C)OC(=O)N1Cc2nc(CCCN)[nH]c2C1. The summed E-state index contributed by atoms with van der Waals surface area (Å²) in [6.07, 6.45) is 1.49. The molecular formula is C13H22N4O2. The van der Waals surface area contributed by atoms with Crippen molar-refractivity contribution in [2.24, 2.45) is 5.73 Å². The van der Waals surface area contributed by atoms with Gasteiger partial charge in [-0.2, -0.15) is 0 Å². The molecule has 0 aliphatic carbocycles. The number of ether oxygens (including phenoxy) is 1. The van der Waals surface area contributed by atoms with Crippen molar-refractivity contribution in [3.05, 3.63) is 17.2 Å². The molecule has 0 aromatic carbocycles. The van der Waals surface area contributed by atoms with Crippen LogP contribution in [-0.4, -0.2) is 33.1 Å². The minimum absolute atomic E-state index is 0.289. The highest BCUT2D eigenvalue weighted by Crippen LogP contribution is 2.23. The summed E-state index contributed by atoms with van der Waals surface area (Å²) in [7, 11) is 0. The van der Waals surface area contributed by atoms with Crippen LogP contribution in [0.3, 0.4) is 0 Å². The van der Waals surface area contributed by atoms with Crippen molar-refractivity contribution in [3.63, 3.8) is 0 Å². The number of aromatic nitrogens is 2. The van der Waals surface area contributed by atoms with Gasteiger partial charge in [-0.15, -0.1) is 0 Å². The number of carbonyl (C=O) groups excluding carboxylic acids is 1. The lowest BCUT2D eigenvalue weighted by Crippen LogP contribution is -2.33. The van der Waals surface area contributed by atoms with Crippen molar-refractivity contribution in [1.29, 1.82) is 0 Å². The van der Waals surface area contributed by atoms with Crippen LogP contribution >= 0.6 is 0 Å². The number of hydrogen-bond acceptors (Lipinski definition) is 4. The summed E-state index contributed by atoms with van der Waals surface area (Å²) in [5.41, 5.74) is 6.97. The van der Waals surface area contributed by atoms with Gasteiger partial charge < -0.3 is 15.5 Å². The number of carbonyl (C=O) groups is 1. The number of rotatable bonds is 3. The zero-order valence-electron chi connectivity index (χ0n) is 11.8. The molecule has 6 nitrogen and oxygen atoms in total. The van der Waals surface area contributed by atoms with Crippen LogP contribution in [0.4, 0.5) is 4.79 Å². The lowest BCUT2D eigenvalue weighted by Gasteiger charge is -2.24. The molecule has 1 aliphatic heterocycles. The van der Waals surface area contributed by atoms with E-state index in [2.05, 4.69) is 9.97 Å². The number of aryl methyl sites for hydroxylation is 1. The van der Waals surface area contributed by atoms with Gasteiger partial charge >= 0.3 is 6.09 Å². The maximum atomic E-state index is 11.9. The Kier molecular flexibility index (Phi) is 3.80. The predicted octanol–water partition coefficient (Wildman–Crippen LogP) is 1.55. The van der Waals surface area contributed by atoms with E-state index in [1.807, 2.05) is 20.8 Å². The molecule has 6 heteroatoms. The monoisotopic (exact) mass is 266 g/mol. The van der Waals surface area contributed by atoms with Gasteiger partial charge in [-0.05, 0) is 33.7 Å². The fourth-order valence-corrected chi connectivity index (χ4v) is 2.04. The summed E-state index contributed by atoms with van der Waals surface area (Å²) in [4.78, 5) is 21.3. The number of H-pyrrole nitrogens is 1. The Morgan fingerprint density at radius 2 is 2.21 bits per heavy atom. The van der Waals surface area contributed by atoms with E-state index in [0.29, 0.717) is 19.6 Å². The number of amides is 1. The minimum atomic E-state index is -0.465. The van der Waals surface area contributed by atoms with Crippen LogP contribution in [0.1, 0.15) is 44.4 Å². The first-order valence-corrected chi connectivity index (χ1v) is 6.63. The van der Waals surface area contributed by atoms with Gasteiger partial charge in [0, 0.05) is 6.42 Å².